The number of halogens is 2. The molecule has 1 rings (SSSR count). The highest BCUT2D eigenvalue weighted by Crippen LogP contribution is 2.21. The summed E-state index contributed by atoms with van der Waals surface area (Å²) in [4.78, 5) is 11.4. The third-order valence-corrected chi connectivity index (χ3v) is 3.21. The fraction of sp³-hybridized carbons (Fsp3) is 0.300. The highest BCUT2D eigenvalue weighted by molar-refractivity contribution is 9.10. The number of Topliss-reactive ketones (excluding diaryl/α,β-unsaturated/α-hetero) is 1. The Morgan fingerprint density at radius 1 is 1.46 bits per heavy atom. The van der Waals surface area contributed by atoms with Crippen LogP contribution in [0.15, 0.2) is 22.7 Å². The van der Waals surface area contributed by atoms with Crippen molar-refractivity contribution in [1.82, 2.24) is 0 Å². The molecule has 1 aromatic carbocycles. The Balaban J connectivity index is 3.06. The van der Waals surface area contributed by atoms with Crippen molar-refractivity contribution in [2.24, 2.45) is 0 Å². The van der Waals surface area contributed by atoms with Crippen LogP contribution in [0.4, 0.5) is 0 Å². The first-order valence-electron chi connectivity index (χ1n) is 4.06. The Morgan fingerprint density at radius 2 is 2.15 bits per heavy atom. The van der Waals surface area contributed by atoms with E-state index in [1.54, 1.807) is 0 Å². The van der Waals surface area contributed by atoms with Crippen LogP contribution >= 0.6 is 31.9 Å². The zero-order valence-electron chi connectivity index (χ0n) is 7.31. The van der Waals surface area contributed by atoms with E-state index in [0.717, 1.165) is 20.9 Å². The summed E-state index contributed by atoms with van der Waals surface area (Å²) in [5, 5.41) is 0.762. The van der Waals surface area contributed by atoms with Crippen molar-refractivity contribution in [3.63, 3.8) is 0 Å². The predicted octanol–water partition coefficient (Wildman–Crippen LogP) is 3.94. The lowest BCUT2D eigenvalue weighted by atomic mass is 10.1. The number of carbonyl (C=O) groups is 1. The van der Waals surface area contributed by atoms with Crippen molar-refractivity contribution >= 4 is 37.6 Å². The largest absolute Gasteiger partial charge is 0.294 e. The van der Waals surface area contributed by atoms with E-state index in [1.165, 1.54) is 0 Å². The second-order valence-electron chi connectivity index (χ2n) is 2.72. The number of rotatable bonds is 3. The molecule has 0 aromatic heterocycles. The Labute approximate surface area is 94.8 Å². The molecule has 0 heterocycles. The molecule has 0 saturated carbocycles. The number of hydrogen-bond donors (Lipinski definition) is 0. The maximum atomic E-state index is 11.4. The van der Waals surface area contributed by atoms with Gasteiger partial charge < -0.3 is 0 Å². The van der Waals surface area contributed by atoms with Gasteiger partial charge in [0.05, 0.1) is 0 Å². The lowest BCUT2D eigenvalue weighted by Crippen LogP contribution is -1.97. The maximum Gasteiger partial charge on any atom is 0.162 e. The van der Waals surface area contributed by atoms with Crippen LogP contribution in [-0.2, 0) is 5.33 Å². The molecule has 1 aromatic rings. The lowest BCUT2D eigenvalue weighted by molar-refractivity contribution is 0.0988. The molecule has 0 radical (unpaired) electrons. The molecule has 0 fully saturated rings. The molecule has 13 heavy (non-hydrogen) atoms. The van der Waals surface area contributed by atoms with Gasteiger partial charge in [-0.05, 0) is 17.7 Å². The Bertz CT molecular complexity index is 321. The summed E-state index contributed by atoms with van der Waals surface area (Å²) in [6.45, 7) is 1.87. The second kappa shape index (κ2) is 4.91. The van der Waals surface area contributed by atoms with E-state index in [2.05, 4.69) is 31.9 Å². The first-order chi connectivity index (χ1) is 6.19. The molecule has 0 amide bonds. The molecule has 0 spiro atoms. The molecule has 0 atom stereocenters. The van der Waals surface area contributed by atoms with Gasteiger partial charge in [0.15, 0.2) is 5.78 Å². The van der Waals surface area contributed by atoms with Gasteiger partial charge in [-0.3, -0.25) is 4.79 Å². The van der Waals surface area contributed by atoms with Crippen LogP contribution in [0.5, 0.6) is 0 Å². The zero-order chi connectivity index (χ0) is 9.84. The molecular weight excluding hydrogens is 296 g/mol. The molecule has 0 saturated heterocycles. The summed E-state index contributed by atoms with van der Waals surface area (Å²) >= 11 is 6.79. The minimum absolute atomic E-state index is 0.190. The van der Waals surface area contributed by atoms with Crippen LogP contribution < -0.4 is 0 Å². The van der Waals surface area contributed by atoms with Gasteiger partial charge in [-0.1, -0.05) is 44.8 Å². The van der Waals surface area contributed by atoms with Crippen molar-refractivity contribution < 1.29 is 4.79 Å². The van der Waals surface area contributed by atoms with Crippen LogP contribution in [0.3, 0.4) is 0 Å². The van der Waals surface area contributed by atoms with E-state index in [0.29, 0.717) is 6.42 Å². The minimum atomic E-state index is 0.190. The van der Waals surface area contributed by atoms with E-state index >= 15 is 0 Å². The van der Waals surface area contributed by atoms with Gasteiger partial charge in [0.1, 0.15) is 0 Å². The summed E-state index contributed by atoms with van der Waals surface area (Å²) in [5.41, 5.74) is 1.90. The molecule has 0 N–H and O–H groups in total. The lowest BCUT2D eigenvalue weighted by Gasteiger charge is -2.03. The van der Waals surface area contributed by atoms with Crippen molar-refractivity contribution in [3.8, 4) is 0 Å². The van der Waals surface area contributed by atoms with Crippen LogP contribution in [-0.4, -0.2) is 5.78 Å². The standard InChI is InChI=1S/C10H10Br2O/c1-2-10(13)7-3-4-9(12)8(5-7)6-11/h3-5H,2,6H2,1H3. The molecule has 0 unspecified atom stereocenters. The van der Waals surface area contributed by atoms with Gasteiger partial charge in [0, 0.05) is 21.8 Å². The van der Waals surface area contributed by atoms with E-state index in [-0.39, 0.29) is 5.78 Å². The first kappa shape index (κ1) is 10.9. The zero-order valence-corrected chi connectivity index (χ0v) is 10.5. The average Bonchev–Trinajstić information content (AvgIpc) is 2.17. The minimum Gasteiger partial charge on any atom is -0.294 e. The van der Waals surface area contributed by atoms with Gasteiger partial charge in [0.25, 0.3) is 0 Å². The summed E-state index contributed by atoms with van der Waals surface area (Å²) in [6, 6.07) is 5.69. The molecule has 0 aliphatic rings. The number of alkyl halides is 1. The SMILES string of the molecule is CCC(=O)c1ccc(Br)c(CBr)c1. The molecular formula is C10H10Br2O. The third-order valence-electron chi connectivity index (χ3n) is 1.83. The third kappa shape index (κ3) is 2.64. The number of carbonyl (C=O) groups excluding carboxylic acids is 1. The summed E-state index contributed by atoms with van der Waals surface area (Å²) < 4.78 is 1.04. The summed E-state index contributed by atoms with van der Waals surface area (Å²) in [7, 11) is 0. The Kier molecular flexibility index (Phi) is 4.13. The second-order valence-corrected chi connectivity index (χ2v) is 4.13. The smallest absolute Gasteiger partial charge is 0.162 e. The van der Waals surface area contributed by atoms with Crippen LogP contribution in [0, 0.1) is 0 Å². The predicted molar refractivity (Wildman–Crippen MR) is 61.4 cm³/mol. The van der Waals surface area contributed by atoms with Crippen LogP contribution in [0.25, 0.3) is 0 Å². The van der Waals surface area contributed by atoms with E-state index < -0.39 is 0 Å². The first-order valence-corrected chi connectivity index (χ1v) is 5.98. The van der Waals surface area contributed by atoms with Gasteiger partial charge >= 0.3 is 0 Å². The fourth-order valence-corrected chi connectivity index (χ4v) is 2.28. The summed E-state index contributed by atoms with van der Waals surface area (Å²) in [6.07, 6.45) is 0.559. The highest BCUT2D eigenvalue weighted by Gasteiger charge is 2.05. The summed E-state index contributed by atoms with van der Waals surface area (Å²) in [5.74, 6) is 0.190. The van der Waals surface area contributed by atoms with Crippen molar-refractivity contribution in [2.45, 2.75) is 18.7 Å². The molecule has 0 bridgehead atoms. The van der Waals surface area contributed by atoms with Crippen molar-refractivity contribution in [1.29, 1.82) is 0 Å². The maximum absolute atomic E-state index is 11.4. The van der Waals surface area contributed by atoms with E-state index in [4.69, 9.17) is 0 Å². The van der Waals surface area contributed by atoms with Gasteiger partial charge in [-0.25, -0.2) is 0 Å². The van der Waals surface area contributed by atoms with Gasteiger partial charge in [0.2, 0.25) is 0 Å². The molecule has 3 heteroatoms. The monoisotopic (exact) mass is 304 g/mol. The van der Waals surface area contributed by atoms with Crippen LogP contribution in [0.2, 0.25) is 0 Å². The number of hydrogen-bond acceptors (Lipinski definition) is 1. The Hall–Kier alpha value is -0.150. The highest BCUT2D eigenvalue weighted by atomic mass is 79.9. The van der Waals surface area contributed by atoms with Crippen molar-refractivity contribution in [2.75, 3.05) is 0 Å². The molecule has 0 aliphatic heterocycles. The average molecular weight is 306 g/mol. The normalized spacial score (nSPS) is 10.1. The molecule has 0 aliphatic carbocycles. The number of ketones is 1. The van der Waals surface area contributed by atoms with Crippen LogP contribution in [0.1, 0.15) is 29.3 Å². The van der Waals surface area contributed by atoms with E-state index in [9.17, 15) is 4.79 Å². The van der Waals surface area contributed by atoms with Gasteiger partial charge in [-0.2, -0.15) is 0 Å². The topological polar surface area (TPSA) is 17.1 Å². The molecule has 1 nitrogen and oxygen atoms in total. The van der Waals surface area contributed by atoms with Crippen molar-refractivity contribution in [3.05, 3.63) is 33.8 Å². The van der Waals surface area contributed by atoms with Gasteiger partial charge in [-0.15, -0.1) is 0 Å². The molecule has 70 valence electrons. The number of benzene rings is 1. The fourth-order valence-electron chi connectivity index (χ4n) is 1.05. The quantitative estimate of drug-likeness (QED) is 0.611. The van der Waals surface area contributed by atoms with E-state index in [1.807, 2.05) is 25.1 Å². The Morgan fingerprint density at radius 3 is 2.69 bits per heavy atom.